The SMILES string of the molecule is CSc1c2sc(C3=C(C(=O)O)N4C(=O)[C@H]([C@@H](C)O)[C@H]4[C@H]3C)cn2c[n+]1CCS[C@H]1CCNC1. The van der Waals surface area contributed by atoms with Gasteiger partial charge in [-0.25, -0.2) is 9.36 Å². The van der Waals surface area contributed by atoms with Crippen molar-refractivity contribution in [1.29, 1.82) is 0 Å². The van der Waals surface area contributed by atoms with E-state index in [-0.39, 0.29) is 23.6 Å². The summed E-state index contributed by atoms with van der Waals surface area (Å²) < 4.78 is 4.36. The number of aliphatic hydroxyl groups excluding tert-OH is 1. The molecular formula is C22H29N4O4S3+. The van der Waals surface area contributed by atoms with Crippen molar-refractivity contribution in [2.24, 2.45) is 11.8 Å². The molecule has 2 fully saturated rings. The van der Waals surface area contributed by atoms with Crippen LogP contribution in [0, 0.1) is 11.8 Å². The number of aliphatic carboxylic acids is 1. The second-order valence-corrected chi connectivity index (χ2v) is 12.2. The molecule has 0 radical (unpaired) electrons. The van der Waals surface area contributed by atoms with Gasteiger partial charge in [0.05, 0.1) is 22.9 Å². The average molecular weight is 510 g/mol. The van der Waals surface area contributed by atoms with Crippen molar-refractivity contribution in [3.8, 4) is 0 Å². The number of thiazole rings is 1. The predicted molar refractivity (Wildman–Crippen MR) is 131 cm³/mol. The number of amides is 1. The van der Waals surface area contributed by atoms with Crippen LogP contribution in [0.15, 0.2) is 23.2 Å². The van der Waals surface area contributed by atoms with Crippen molar-refractivity contribution < 1.29 is 24.4 Å². The number of imidazole rings is 1. The quantitative estimate of drug-likeness (QED) is 0.283. The van der Waals surface area contributed by atoms with Crippen molar-refractivity contribution >= 4 is 57.1 Å². The highest BCUT2D eigenvalue weighted by Crippen LogP contribution is 2.51. The van der Waals surface area contributed by atoms with Gasteiger partial charge < -0.3 is 20.4 Å². The molecule has 0 spiro atoms. The van der Waals surface area contributed by atoms with Gasteiger partial charge in [0.1, 0.15) is 18.4 Å². The smallest absolute Gasteiger partial charge is 0.352 e. The maximum absolute atomic E-state index is 12.6. The standard InChI is InChI=1S/C22H28N4O4S3/c1-11-15(18(22(29)30)26-17(11)16(12(2)27)19(26)28)14-9-25-10-24(20(31-3)21(25)33-14)6-7-32-13-4-5-23-8-13/h9-13,16-17,23,27H,4-8H2,1-3H3/p+1/t11-,12+,13-,16+,17+/m0/s1. The second-order valence-electron chi connectivity index (χ2n) is 8.93. The van der Waals surface area contributed by atoms with Crippen molar-refractivity contribution in [3.05, 3.63) is 23.1 Å². The fraction of sp³-hybridized carbons (Fsp3) is 0.591. The van der Waals surface area contributed by atoms with E-state index in [4.69, 9.17) is 0 Å². The number of carboxylic acids is 1. The van der Waals surface area contributed by atoms with E-state index in [9.17, 15) is 19.8 Å². The van der Waals surface area contributed by atoms with Crippen LogP contribution < -0.4 is 9.88 Å². The van der Waals surface area contributed by atoms with Crippen LogP contribution in [0.1, 0.15) is 25.1 Å². The third-order valence-electron chi connectivity index (χ3n) is 6.94. The zero-order valence-corrected chi connectivity index (χ0v) is 21.3. The number of fused-ring (bicyclic) bond motifs is 2. The first kappa shape index (κ1) is 23.2. The monoisotopic (exact) mass is 509 g/mol. The van der Waals surface area contributed by atoms with Gasteiger partial charge in [-0.3, -0.25) is 4.79 Å². The van der Waals surface area contributed by atoms with Gasteiger partial charge in [0.25, 0.3) is 6.33 Å². The van der Waals surface area contributed by atoms with Gasteiger partial charge in [-0.2, -0.15) is 16.2 Å². The van der Waals surface area contributed by atoms with Crippen molar-refractivity contribution in [1.82, 2.24) is 14.6 Å². The molecule has 3 aliphatic rings. The third kappa shape index (κ3) is 3.72. The maximum atomic E-state index is 12.6. The summed E-state index contributed by atoms with van der Waals surface area (Å²) in [5.41, 5.74) is 0.764. The summed E-state index contributed by atoms with van der Waals surface area (Å²) in [5.74, 6) is -1.03. The Hall–Kier alpha value is -1.53. The summed E-state index contributed by atoms with van der Waals surface area (Å²) in [4.78, 5) is 28.2. The molecule has 5 rings (SSSR count). The number of carbonyl (C=O) groups excluding carboxylic acids is 1. The number of carbonyl (C=O) groups is 2. The molecule has 3 N–H and O–H groups in total. The van der Waals surface area contributed by atoms with Gasteiger partial charge in [0, 0.05) is 29.0 Å². The molecule has 2 aromatic rings. The molecule has 5 atom stereocenters. The molecule has 5 heterocycles. The largest absolute Gasteiger partial charge is 0.477 e. The Morgan fingerprint density at radius 1 is 1.45 bits per heavy atom. The van der Waals surface area contributed by atoms with E-state index in [2.05, 4.69) is 26.9 Å². The van der Waals surface area contributed by atoms with E-state index < -0.39 is 18.0 Å². The van der Waals surface area contributed by atoms with E-state index >= 15 is 0 Å². The summed E-state index contributed by atoms with van der Waals surface area (Å²) in [5, 5.41) is 25.3. The maximum Gasteiger partial charge on any atom is 0.352 e. The average Bonchev–Trinajstić information content (AvgIpc) is 3.50. The van der Waals surface area contributed by atoms with E-state index in [1.165, 1.54) is 16.3 Å². The van der Waals surface area contributed by atoms with Crippen molar-refractivity contribution in [3.63, 3.8) is 0 Å². The molecule has 2 aromatic heterocycles. The minimum absolute atomic E-state index is 0.0686. The third-order valence-corrected chi connectivity index (χ3v) is 10.3. The Morgan fingerprint density at radius 3 is 2.88 bits per heavy atom. The van der Waals surface area contributed by atoms with Crippen LogP contribution in [-0.4, -0.2) is 73.9 Å². The number of nitrogens with one attached hydrogen (secondary N) is 1. The molecular weight excluding hydrogens is 480 g/mol. The predicted octanol–water partition coefficient (Wildman–Crippen LogP) is 1.76. The summed E-state index contributed by atoms with van der Waals surface area (Å²) in [6.07, 6.45) is 6.58. The lowest BCUT2D eigenvalue weighted by Gasteiger charge is -2.46. The minimum Gasteiger partial charge on any atom is -0.477 e. The lowest BCUT2D eigenvalue weighted by molar-refractivity contribution is -0.725. The number of aromatic nitrogens is 2. The van der Waals surface area contributed by atoms with E-state index in [0.29, 0.717) is 10.8 Å². The molecule has 3 aliphatic heterocycles. The lowest BCUT2D eigenvalue weighted by Crippen LogP contribution is -2.63. The van der Waals surface area contributed by atoms with E-state index in [1.54, 1.807) is 30.0 Å². The summed E-state index contributed by atoms with van der Waals surface area (Å²) in [7, 11) is 0. The summed E-state index contributed by atoms with van der Waals surface area (Å²) >= 11 is 5.29. The number of hydrogen-bond donors (Lipinski definition) is 3. The number of aryl methyl sites for hydroxylation is 1. The van der Waals surface area contributed by atoms with Gasteiger partial charge in [-0.05, 0) is 26.1 Å². The van der Waals surface area contributed by atoms with Gasteiger partial charge in [0.2, 0.25) is 15.8 Å². The first-order valence-electron chi connectivity index (χ1n) is 11.2. The number of β-lactam (4-membered cyclic amide) rings is 1. The van der Waals surface area contributed by atoms with Crippen LogP contribution in [-0.2, 0) is 16.1 Å². The number of hydrogen-bond acceptors (Lipinski definition) is 7. The molecule has 0 saturated carbocycles. The molecule has 2 saturated heterocycles. The number of thioether (sulfide) groups is 2. The summed E-state index contributed by atoms with van der Waals surface area (Å²) in [6, 6.07) is -0.299. The molecule has 0 aromatic carbocycles. The van der Waals surface area contributed by atoms with Gasteiger partial charge in [-0.1, -0.05) is 30.0 Å². The highest BCUT2D eigenvalue weighted by Gasteiger charge is 2.60. The fourth-order valence-electron chi connectivity index (χ4n) is 5.40. The van der Waals surface area contributed by atoms with Crippen LogP contribution in [0.4, 0.5) is 0 Å². The van der Waals surface area contributed by atoms with Crippen molar-refractivity contribution in [2.75, 3.05) is 25.1 Å². The minimum atomic E-state index is -1.09. The Balaban J connectivity index is 1.44. The van der Waals surface area contributed by atoms with Gasteiger partial charge >= 0.3 is 5.97 Å². The Labute approximate surface area is 205 Å². The number of nitrogens with zero attached hydrogens (tertiary/aromatic N) is 3. The van der Waals surface area contributed by atoms with E-state index in [1.807, 2.05) is 24.9 Å². The molecule has 8 nitrogen and oxygen atoms in total. The molecule has 0 unspecified atom stereocenters. The number of rotatable bonds is 8. The molecule has 11 heteroatoms. The first-order chi connectivity index (χ1) is 15.8. The van der Waals surface area contributed by atoms with Crippen LogP contribution in [0.25, 0.3) is 10.4 Å². The molecule has 33 heavy (non-hydrogen) atoms. The second kappa shape index (κ2) is 8.92. The van der Waals surface area contributed by atoms with Gasteiger partial charge in [-0.15, -0.1) is 0 Å². The van der Waals surface area contributed by atoms with Crippen LogP contribution in [0.5, 0.6) is 0 Å². The normalized spacial score (nSPS) is 28.0. The molecule has 0 aliphatic carbocycles. The van der Waals surface area contributed by atoms with Crippen LogP contribution in [0.2, 0.25) is 0 Å². The van der Waals surface area contributed by atoms with Crippen molar-refractivity contribution in [2.45, 2.75) is 49.2 Å². The number of carboxylic acid groups (broad SMARTS) is 1. The molecule has 1 amide bonds. The number of aliphatic hydroxyl groups is 1. The molecule has 178 valence electrons. The zero-order chi connectivity index (χ0) is 23.4. The first-order valence-corrected chi connectivity index (χ1v) is 14.3. The van der Waals surface area contributed by atoms with Crippen LogP contribution >= 0.6 is 34.9 Å². The Morgan fingerprint density at radius 2 is 2.24 bits per heavy atom. The highest BCUT2D eigenvalue weighted by atomic mass is 32.2. The molecule has 0 bridgehead atoms. The zero-order valence-electron chi connectivity index (χ0n) is 18.9. The Kier molecular flexibility index (Phi) is 6.28. The van der Waals surface area contributed by atoms with Crippen LogP contribution in [0.3, 0.4) is 0 Å². The Bertz CT molecular complexity index is 1130. The van der Waals surface area contributed by atoms with Gasteiger partial charge in [0.15, 0.2) is 0 Å². The lowest BCUT2D eigenvalue weighted by atomic mass is 9.77. The fourth-order valence-corrected chi connectivity index (χ4v) is 8.76. The topological polar surface area (TPSA) is 98.2 Å². The van der Waals surface area contributed by atoms with E-state index in [0.717, 1.165) is 35.1 Å². The summed E-state index contributed by atoms with van der Waals surface area (Å²) in [6.45, 7) is 6.70. The highest BCUT2D eigenvalue weighted by molar-refractivity contribution is 8.00.